The van der Waals surface area contributed by atoms with Crippen LogP contribution in [0.5, 0.6) is 11.5 Å². The predicted molar refractivity (Wildman–Crippen MR) is 130 cm³/mol. The van der Waals surface area contributed by atoms with Gasteiger partial charge >= 0.3 is 0 Å². The van der Waals surface area contributed by atoms with Gasteiger partial charge in [0.05, 0.1) is 32.3 Å². The molecular formula is C25H26FN7O3. The van der Waals surface area contributed by atoms with Gasteiger partial charge in [-0.15, -0.1) is 0 Å². The van der Waals surface area contributed by atoms with Gasteiger partial charge in [0.1, 0.15) is 22.4 Å². The summed E-state index contributed by atoms with van der Waals surface area (Å²) in [6.45, 7) is 1.61. The number of fused-ring (bicyclic) bond motifs is 1. The topological polar surface area (TPSA) is 99.7 Å². The maximum absolute atomic E-state index is 15.1. The van der Waals surface area contributed by atoms with Crippen LogP contribution in [0.1, 0.15) is 12.8 Å². The van der Waals surface area contributed by atoms with Crippen LogP contribution in [0.2, 0.25) is 0 Å². The summed E-state index contributed by atoms with van der Waals surface area (Å²) >= 11 is 0. The molecule has 1 aromatic carbocycles. The number of aromatic nitrogens is 5. The lowest BCUT2D eigenvalue weighted by molar-refractivity contribution is -0.127. The summed E-state index contributed by atoms with van der Waals surface area (Å²) in [5.74, 6) is -0.0303. The average molecular weight is 492 g/mol. The van der Waals surface area contributed by atoms with Gasteiger partial charge in [-0.2, -0.15) is 5.10 Å². The van der Waals surface area contributed by atoms with Crippen molar-refractivity contribution in [1.29, 1.82) is 0 Å². The Morgan fingerprint density at radius 3 is 2.69 bits per heavy atom. The Morgan fingerprint density at radius 1 is 1.14 bits per heavy atom. The van der Waals surface area contributed by atoms with Crippen molar-refractivity contribution in [2.75, 3.05) is 27.3 Å². The first-order valence-corrected chi connectivity index (χ1v) is 11.6. The van der Waals surface area contributed by atoms with Crippen LogP contribution >= 0.6 is 0 Å². The lowest BCUT2D eigenvalue weighted by Crippen LogP contribution is -2.32. The van der Waals surface area contributed by atoms with Crippen LogP contribution in [0.25, 0.3) is 22.4 Å². The van der Waals surface area contributed by atoms with Gasteiger partial charge in [0.2, 0.25) is 5.91 Å². The molecule has 3 aromatic heterocycles. The number of ether oxygens (including phenoxy) is 2. The number of carbonyl (C=O) groups is 1. The van der Waals surface area contributed by atoms with Crippen molar-refractivity contribution in [2.45, 2.75) is 19.4 Å². The van der Waals surface area contributed by atoms with Crippen molar-refractivity contribution in [3.05, 3.63) is 54.2 Å². The lowest BCUT2D eigenvalue weighted by Gasteiger charge is -2.18. The van der Waals surface area contributed by atoms with E-state index in [0.29, 0.717) is 54.2 Å². The Kier molecular flexibility index (Phi) is 6.36. The molecule has 186 valence electrons. The Labute approximate surface area is 206 Å². The number of carbonyl (C=O) groups excluding carboxylic acids is 1. The van der Waals surface area contributed by atoms with Gasteiger partial charge in [-0.3, -0.25) is 14.5 Å². The first kappa shape index (κ1) is 23.5. The molecule has 10 nitrogen and oxygen atoms in total. The summed E-state index contributed by atoms with van der Waals surface area (Å²) in [6, 6.07) is 6.53. The number of methoxy groups -OCH3 is 2. The standard InChI is InChI=1S/C25H26FN7O3/c1-31-15-16(13-28-31)20-14-27-18-6-7-22(29-19-11-17(35-2)12-21(36-3)24(19)26)33(25(18)30-20)10-9-32-8-4-5-23(32)34/h6-7,11-15H,4-5,8-10H2,1-3H3. The number of hydrogen-bond acceptors (Lipinski definition) is 7. The SMILES string of the molecule is COc1cc(N=c2ccc3ncc(-c4cnn(C)c4)nc3n2CCN2CCCC2=O)c(F)c(OC)c1. The highest BCUT2D eigenvalue weighted by atomic mass is 19.1. The molecule has 11 heteroatoms. The Balaban J connectivity index is 1.68. The molecule has 36 heavy (non-hydrogen) atoms. The Morgan fingerprint density at radius 2 is 2.00 bits per heavy atom. The molecule has 0 N–H and O–H groups in total. The summed E-state index contributed by atoms with van der Waals surface area (Å²) in [5.41, 5.74) is 3.21. The number of halogens is 1. The molecule has 0 saturated carbocycles. The monoisotopic (exact) mass is 491 g/mol. The van der Waals surface area contributed by atoms with E-state index in [1.165, 1.54) is 26.4 Å². The molecule has 0 atom stereocenters. The molecule has 0 spiro atoms. The number of rotatable bonds is 7. The van der Waals surface area contributed by atoms with Gasteiger partial charge in [0.25, 0.3) is 0 Å². The van der Waals surface area contributed by atoms with Crippen molar-refractivity contribution in [1.82, 2.24) is 29.2 Å². The predicted octanol–water partition coefficient (Wildman–Crippen LogP) is 2.84. The third kappa shape index (κ3) is 4.51. The second-order valence-corrected chi connectivity index (χ2v) is 8.47. The quantitative estimate of drug-likeness (QED) is 0.394. The van der Waals surface area contributed by atoms with Crippen molar-refractivity contribution >= 4 is 22.8 Å². The van der Waals surface area contributed by atoms with Crippen LogP contribution in [-0.4, -0.2) is 62.4 Å². The van der Waals surface area contributed by atoms with E-state index in [4.69, 9.17) is 14.5 Å². The number of benzene rings is 1. The highest BCUT2D eigenvalue weighted by molar-refractivity contribution is 5.78. The largest absolute Gasteiger partial charge is 0.497 e. The maximum atomic E-state index is 15.1. The number of pyridine rings is 1. The van der Waals surface area contributed by atoms with E-state index in [1.54, 1.807) is 29.2 Å². The van der Waals surface area contributed by atoms with Crippen LogP contribution in [0.3, 0.4) is 0 Å². The molecule has 4 aromatic rings. The molecule has 1 fully saturated rings. The molecule has 1 amide bonds. The molecule has 0 bridgehead atoms. The van der Waals surface area contributed by atoms with E-state index in [-0.39, 0.29) is 17.3 Å². The van der Waals surface area contributed by atoms with E-state index >= 15 is 4.39 Å². The fraction of sp³-hybridized carbons (Fsp3) is 0.320. The highest BCUT2D eigenvalue weighted by Gasteiger charge is 2.20. The van der Waals surface area contributed by atoms with Gasteiger partial charge in [0.15, 0.2) is 17.2 Å². The fourth-order valence-electron chi connectivity index (χ4n) is 4.26. The number of hydrogen-bond donors (Lipinski definition) is 0. The zero-order chi connectivity index (χ0) is 25.2. The third-order valence-electron chi connectivity index (χ3n) is 6.15. The number of aryl methyl sites for hydroxylation is 1. The minimum absolute atomic E-state index is 0.0294. The van der Waals surface area contributed by atoms with E-state index < -0.39 is 5.82 Å². The van der Waals surface area contributed by atoms with Crippen LogP contribution in [0.15, 0.2) is 47.8 Å². The number of nitrogens with zero attached hydrogens (tertiary/aromatic N) is 7. The van der Waals surface area contributed by atoms with Crippen molar-refractivity contribution in [2.24, 2.45) is 12.0 Å². The summed E-state index contributed by atoms with van der Waals surface area (Å²) in [7, 11) is 4.72. The van der Waals surface area contributed by atoms with E-state index in [9.17, 15) is 4.79 Å². The number of amides is 1. The molecule has 1 aliphatic rings. The van der Waals surface area contributed by atoms with E-state index in [2.05, 4.69) is 15.1 Å². The Bertz CT molecular complexity index is 1510. The highest BCUT2D eigenvalue weighted by Crippen LogP contribution is 2.32. The average Bonchev–Trinajstić information content (AvgIpc) is 3.51. The smallest absolute Gasteiger partial charge is 0.222 e. The van der Waals surface area contributed by atoms with Crippen LogP contribution < -0.4 is 15.0 Å². The summed E-state index contributed by atoms with van der Waals surface area (Å²) in [6.07, 6.45) is 6.66. The van der Waals surface area contributed by atoms with E-state index in [0.717, 1.165) is 12.0 Å². The normalized spacial score (nSPS) is 14.2. The van der Waals surface area contributed by atoms with Gasteiger partial charge in [-0.05, 0) is 18.6 Å². The Hall–Kier alpha value is -4.28. The lowest BCUT2D eigenvalue weighted by atomic mass is 10.2. The first-order valence-electron chi connectivity index (χ1n) is 11.6. The molecule has 4 heterocycles. The minimum Gasteiger partial charge on any atom is -0.497 e. The molecule has 0 radical (unpaired) electrons. The van der Waals surface area contributed by atoms with Crippen LogP contribution in [-0.2, 0) is 18.4 Å². The third-order valence-corrected chi connectivity index (χ3v) is 6.15. The van der Waals surface area contributed by atoms with Crippen molar-refractivity contribution in [3.63, 3.8) is 0 Å². The molecule has 0 unspecified atom stereocenters. The summed E-state index contributed by atoms with van der Waals surface area (Å²) < 4.78 is 29.1. The zero-order valence-electron chi connectivity index (χ0n) is 20.3. The van der Waals surface area contributed by atoms with Crippen molar-refractivity contribution < 1.29 is 18.7 Å². The van der Waals surface area contributed by atoms with Crippen LogP contribution in [0.4, 0.5) is 10.1 Å². The molecule has 5 rings (SSSR count). The molecule has 1 aliphatic heterocycles. The summed E-state index contributed by atoms with van der Waals surface area (Å²) in [5, 5.41) is 4.22. The minimum atomic E-state index is -0.602. The van der Waals surface area contributed by atoms with E-state index in [1.807, 2.05) is 22.7 Å². The van der Waals surface area contributed by atoms with Gasteiger partial charge in [0, 0.05) is 57.0 Å². The van der Waals surface area contributed by atoms with Gasteiger partial charge in [-0.1, -0.05) is 0 Å². The summed E-state index contributed by atoms with van der Waals surface area (Å²) in [4.78, 5) is 28.1. The second kappa shape index (κ2) is 9.76. The second-order valence-electron chi connectivity index (χ2n) is 8.47. The molecule has 1 saturated heterocycles. The zero-order valence-corrected chi connectivity index (χ0v) is 20.3. The molecular weight excluding hydrogens is 465 g/mol. The fourth-order valence-corrected chi connectivity index (χ4v) is 4.26. The maximum Gasteiger partial charge on any atom is 0.222 e. The first-order chi connectivity index (χ1) is 17.5. The van der Waals surface area contributed by atoms with Gasteiger partial charge in [-0.25, -0.2) is 14.4 Å². The van der Waals surface area contributed by atoms with Crippen LogP contribution in [0, 0.1) is 5.82 Å². The van der Waals surface area contributed by atoms with Crippen molar-refractivity contribution in [3.8, 4) is 22.8 Å². The van der Waals surface area contributed by atoms with Gasteiger partial charge < -0.3 is 18.9 Å². The number of likely N-dealkylation sites (tertiary alicyclic amines) is 1. The molecule has 0 aliphatic carbocycles.